The molecule has 0 bridgehead atoms. The van der Waals surface area contributed by atoms with Gasteiger partial charge in [-0.1, -0.05) is 41.7 Å². The Kier molecular flexibility index (Phi) is 4.63. The Bertz CT molecular complexity index is 1090. The maximum Gasteiger partial charge on any atom is 0.248 e. The molecule has 7 nitrogen and oxygen atoms in total. The fourth-order valence-electron chi connectivity index (χ4n) is 2.53. The van der Waals surface area contributed by atoms with Crippen LogP contribution in [0.2, 0.25) is 0 Å². The minimum Gasteiger partial charge on any atom is -0.495 e. The minimum atomic E-state index is -0.243. The van der Waals surface area contributed by atoms with Crippen molar-refractivity contribution in [2.45, 2.75) is 0 Å². The van der Waals surface area contributed by atoms with Gasteiger partial charge < -0.3 is 10.1 Å². The minimum absolute atomic E-state index is 0.243. The Morgan fingerprint density at radius 3 is 2.85 bits per heavy atom. The second kappa shape index (κ2) is 7.38. The Morgan fingerprint density at radius 2 is 2.07 bits per heavy atom. The van der Waals surface area contributed by atoms with Gasteiger partial charge in [0.25, 0.3) is 0 Å². The van der Waals surface area contributed by atoms with Crippen molar-refractivity contribution in [3.8, 4) is 16.3 Å². The normalized spacial score (nSPS) is 11.1. The van der Waals surface area contributed by atoms with Crippen LogP contribution in [-0.2, 0) is 4.79 Å². The SMILES string of the molecule is COc1ccc(-c2nn3cnnc3s2)cc1NC(=O)/C=C/c1ccccc1. The summed E-state index contributed by atoms with van der Waals surface area (Å²) in [7, 11) is 1.56. The zero-order valence-corrected chi connectivity index (χ0v) is 15.2. The number of aromatic nitrogens is 4. The number of methoxy groups -OCH3 is 1. The van der Waals surface area contributed by atoms with Crippen molar-refractivity contribution in [2.75, 3.05) is 12.4 Å². The molecule has 134 valence electrons. The van der Waals surface area contributed by atoms with Crippen LogP contribution >= 0.6 is 11.3 Å². The first kappa shape index (κ1) is 16.9. The van der Waals surface area contributed by atoms with Crippen LogP contribution in [0.3, 0.4) is 0 Å². The molecule has 27 heavy (non-hydrogen) atoms. The molecular weight excluding hydrogens is 362 g/mol. The molecule has 1 amide bonds. The lowest BCUT2D eigenvalue weighted by Gasteiger charge is -2.10. The third-order valence-electron chi connectivity index (χ3n) is 3.82. The van der Waals surface area contributed by atoms with Crippen molar-refractivity contribution in [3.63, 3.8) is 0 Å². The number of fused-ring (bicyclic) bond motifs is 1. The standard InChI is InChI=1S/C19H15N5O2S/c1-26-16-9-8-14(18-23-24-12-20-22-19(24)27-18)11-15(16)21-17(25)10-7-13-5-3-2-4-6-13/h2-12H,1H3,(H,21,25)/b10-7+. The van der Waals surface area contributed by atoms with Crippen LogP contribution in [-0.4, -0.2) is 32.8 Å². The van der Waals surface area contributed by atoms with Gasteiger partial charge in [-0.15, -0.1) is 10.2 Å². The highest BCUT2D eigenvalue weighted by atomic mass is 32.1. The van der Waals surface area contributed by atoms with Gasteiger partial charge in [-0.3, -0.25) is 4.79 Å². The third kappa shape index (κ3) is 3.70. The molecule has 0 saturated carbocycles. The summed E-state index contributed by atoms with van der Waals surface area (Å²) in [5.41, 5.74) is 2.38. The lowest BCUT2D eigenvalue weighted by atomic mass is 10.2. The number of rotatable bonds is 5. The van der Waals surface area contributed by atoms with Crippen LogP contribution in [0, 0.1) is 0 Å². The topological polar surface area (TPSA) is 81.4 Å². The van der Waals surface area contributed by atoms with Crippen molar-refractivity contribution >= 4 is 34.0 Å². The van der Waals surface area contributed by atoms with Crippen molar-refractivity contribution < 1.29 is 9.53 Å². The van der Waals surface area contributed by atoms with Gasteiger partial charge in [0.05, 0.1) is 12.8 Å². The maximum absolute atomic E-state index is 12.3. The predicted octanol–water partition coefficient (Wildman–Crippen LogP) is 3.51. The molecular formula is C19H15N5O2S. The molecule has 0 unspecified atom stereocenters. The van der Waals surface area contributed by atoms with E-state index in [2.05, 4.69) is 20.6 Å². The summed E-state index contributed by atoms with van der Waals surface area (Å²) in [6.07, 6.45) is 4.80. The highest BCUT2D eigenvalue weighted by Crippen LogP contribution is 2.32. The molecule has 4 rings (SSSR count). The average molecular weight is 377 g/mol. The predicted molar refractivity (Wildman–Crippen MR) is 105 cm³/mol. The van der Waals surface area contributed by atoms with E-state index in [0.29, 0.717) is 16.4 Å². The van der Waals surface area contributed by atoms with Gasteiger partial charge in [0.15, 0.2) is 0 Å². The molecule has 0 aliphatic heterocycles. The van der Waals surface area contributed by atoms with Gasteiger partial charge in [0.1, 0.15) is 17.1 Å². The Labute approximate surface area is 158 Å². The molecule has 2 aromatic heterocycles. The molecule has 0 aliphatic carbocycles. The number of ether oxygens (including phenoxy) is 1. The Morgan fingerprint density at radius 1 is 1.22 bits per heavy atom. The smallest absolute Gasteiger partial charge is 0.248 e. The summed E-state index contributed by atoms with van der Waals surface area (Å²) in [6.45, 7) is 0. The molecule has 4 aromatic rings. The quantitative estimate of drug-likeness (QED) is 0.538. The van der Waals surface area contributed by atoms with Crippen LogP contribution in [0.4, 0.5) is 5.69 Å². The van der Waals surface area contributed by atoms with Gasteiger partial charge in [-0.2, -0.15) is 9.61 Å². The maximum atomic E-state index is 12.3. The number of anilines is 1. The van der Waals surface area contributed by atoms with Gasteiger partial charge in [-0.05, 0) is 29.8 Å². The highest BCUT2D eigenvalue weighted by Gasteiger charge is 2.12. The number of nitrogens with one attached hydrogen (secondary N) is 1. The molecule has 2 heterocycles. The van der Waals surface area contributed by atoms with Crippen molar-refractivity contribution in [2.24, 2.45) is 0 Å². The van der Waals surface area contributed by atoms with E-state index in [9.17, 15) is 4.79 Å². The summed E-state index contributed by atoms with van der Waals surface area (Å²) >= 11 is 1.42. The van der Waals surface area contributed by atoms with Gasteiger partial charge in [-0.25, -0.2) is 0 Å². The zero-order chi connectivity index (χ0) is 18.6. The average Bonchev–Trinajstić information content (AvgIpc) is 3.29. The monoisotopic (exact) mass is 377 g/mol. The van der Waals surface area contributed by atoms with E-state index in [1.54, 1.807) is 30.1 Å². The molecule has 0 aliphatic rings. The fraction of sp³-hybridized carbons (Fsp3) is 0.0526. The van der Waals surface area contributed by atoms with E-state index in [1.165, 1.54) is 17.4 Å². The molecule has 0 saturated heterocycles. The molecule has 0 radical (unpaired) electrons. The van der Waals surface area contributed by atoms with Crippen LogP contribution in [0.25, 0.3) is 21.6 Å². The van der Waals surface area contributed by atoms with Gasteiger partial charge in [0, 0.05) is 11.6 Å². The number of benzene rings is 2. The lowest BCUT2D eigenvalue weighted by Crippen LogP contribution is -2.09. The van der Waals surface area contributed by atoms with E-state index >= 15 is 0 Å². The van der Waals surface area contributed by atoms with Crippen molar-refractivity contribution in [1.82, 2.24) is 19.8 Å². The first-order chi connectivity index (χ1) is 13.2. The molecule has 2 aromatic carbocycles. The van der Waals surface area contributed by atoms with Crippen LogP contribution in [0.5, 0.6) is 5.75 Å². The first-order valence-corrected chi connectivity index (χ1v) is 8.94. The number of nitrogens with zero attached hydrogens (tertiary/aromatic N) is 4. The molecule has 8 heteroatoms. The summed E-state index contributed by atoms with van der Waals surface area (Å²) in [5.74, 6) is 0.329. The molecule has 0 spiro atoms. The largest absolute Gasteiger partial charge is 0.495 e. The number of amides is 1. The second-order valence-corrected chi connectivity index (χ2v) is 6.57. The van der Waals surface area contributed by atoms with Crippen LogP contribution in [0.1, 0.15) is 5.56 Å². The number of carbonyl (C=O) groups is 1. The molecule has 0 fully saturated rings. The Hall–Kier alpha value is -3.52. The summed E-state index contributed by atoms with van der Waals surface area (Å²) in [5, 5.41) is 15.9. The van der Waals surface area contributed by atoms with Crippen molar-refractivity contribution in [3.05, 3.63) is 66.5 Å². The number of carbonyl (C=O) groups excluding carboxylic acids is 1. The second-order valence-electron chi connectivity index (χ2n) is 5.61. The van der Waals surface area contributed by atoms with E-state index < -0.39 is 0 Å². The Balaban J connectivity index is 1.58. The van der Waals surface area contributed by atoms with Crippen LogP contribution < -0.4 is 10.1 Å². The molecule has 1 N–H and O–H groups in total. The van der Waals surface area contributed by atoms with Crippen LogP contribution in [0.15, 0.2) is 60.9 Å². The van der Waals surface area contributed by atoms with E-state index in [4.69, 9.17) is 4.74 Å². The molecule has 0 atom stereocenters. The number of hydrogen-bond donors (Lipinski definition) is 1. The van der Waals surface area contributed by atoms with E-state index in [-0.39, 0.29) is 5.91 Å². The third-order valence-corrected chi connectivity index (χ3v) is 4.78. The first-order valence-electron chi connectivity index (χ1n) is 8.12. The summed E-state index contributed by atoms with van der Waals surface area (Å²) in [4.78, 5) is 13.0. The van der Waals surface area contributed by atoms with E-state index in [0.717, 1.165) is 16.1 Å². The van der Waals surface area contributed by atoms with Gasteiger partial charge in [0.2, 0.25) is 10.9 Å². The van der Waals surface area contributed by atoms with Gasteiger partial charge >= 0.3 is 0 Å². The van der Waals surface area contributed by atoms with Crippen molar-refractivity contribution in [1.29, 1.82) is 0 Å². The zero-order valence-electron chi connectivity index (χ0n) is 14.4. The highest BCUT2D eigenvalue weighted by molar-refractivity contribution is 7.19. The fourth-order valence-corrected chi connectivity index (χ4v) is 3.34. The summed E-state index contributed by atoms with van der Waals surface area (Å²) in [6, 6.07) is 15.2. The number of hydrogen-bond acceptors (Lipinski definition) is 6. The lowest BCUT2D eigenvalue weighted by molar-refractivity contribution is -0.111. The summed E-state index contributed by atoms with van der Waals surface area (Å²) < 4.78 is 6.98. The van der Waals surface area contributed by atoms with E-state index in [1.807, 2.05) is 42.5 Å².